The third kappa shape index (κ3) is 6.55. The molecule has 1 aliphatic heterocycles. The van der Waals surface area contributed by atoms with Crippen LogP contribution in [0.15, 0.2) is 30.3 Å². The number of aliphatic hydroxyl groups excluding tert-OH is 1. The maximum atomic E-state index is 13.7. The summed E-state index contributed by atoms with van der Waals surface area (Å²) in [5.74, 6) is 0.0400. The van der Waals surface area contributed by atoms with Crippen LogP contribution >= 0.6 is 11.6 Å². The lowest BCUT2D eigenvalue weighted by Gasteiger charge is -2.48. The molecule has 8 heteroatoms. The normalized spacial score (nSPS) is 20.1. The highest BCUT2D eigenvalue weighted by molar-refractivity contribution is 6.31. The zero-order chi connectivity index (χ0) is 26.1. The molecule has 2 aromatic rings. The van der Waals surface area contributed by atoms with E-state index < -0.39 is 12.1 Å². The van der Waals surface area contributed by atoms with Crippen LogP contribution in [0.4, 0.5) is 4.39 Å². The zero-order valence-corrected chi connectivity index (χ0v) is 22.3. The van der Waals surface area contributed by atoms with E-state index in [1.54, 1.807) is 12.1 Å². The van der Waals surface area contributed by atoms with Crippen molar-refractivity contribution in [2.75, 3.05) is 6.54 Å². The van der Waals surface area contributed by atoms with Gasteiger partial charge >= 0.3 is 0 Å². The number of pyridine rings is 1. The number of rotatable bonds is 8. The van der Waals surface area contributed by atoms with Gasteiger partial charge in [-0.25, -0.2) is 9.37 Å². The van der Waals surface area contributed by atoms with Gasteiger partial charge in [-0.3, -0.25) is 4.79 Å². The average Bonchev–Trinajstić information content (AvgIpc) is 2.74. The number of halogens is 2. The quantitative estimate of drug-likeness (QED) is 0.433. The van der Waals surface area contributed by atoms with E-state index in [1.807, 2.05) is 0 Å². The van der Waals surface area contributed by atoms with Crippen LogP contribution in [0, 0.1) is 11.2 Å². The van der Waals surface area contributed by atoms with Crippen LogP contribution in [0.25, 0.3) is 0 Å². The van der Waals surface area contributed by atoms with E-state index >= 15 is 0 Å². The molecule has 1 aliphatic carbocycles. The van der Waals surface area contributed by atoms with Crippen molar-refractivity contribution in [2.45, 2.75) is 90.0 Å². The maximum Gasteiger partial charge on any atom is 0.217 e. The molecular formula is C28H37ClFN3O3. The molecule has 1 fully saturated rings. The number of hydrogen-bond acceptors (Lipinski definition) is 5. The SMILES string of the molecule is CC(=O)N[C@@H](Cc1cccc(F)c1)[C@H](O)CN[C@H]1CC2(CCC2)Oc2c1cc(CC(C)(C)C)nc2Cl. The summed E-state index contributed by atoms with van der Waals surface area (Å²) in [7, 11) is 0. The molecule has 0 saturated heterocycles. The summed E-state index contributed by atoms with van der Waals surface area (Å²) in [6, 6.07) is 7.65. The molecule has 2 heterocycles. The van der Waals surface area contributed by atoms with Crippen molar-refractivity contribution in [1.29, 1.82) is 0 Å². The van der Waals surface area contributed by atoms with Crippen molar-refractivity contribution in [3.05, 3.63) is 58.1 Å². The zero-order valence-electron chi connectivity index (χ0n) is 21.5. The smallest absolute Gasteiger partial charge is 0.217 e. The number of benzene rings is 1. The second kappa shape index (κ2) is 10.6. The van der Waals surface area contributed by atoms with Gasteiger partial charge in [0.2, 0.25) is 5.91 Å². The molecule has 3 N–H and O–H groups in total. The van der Waals surface area contributed by atoms with E-state index in [4.69, 9.17) is 16.3 Å². The predicted molar refractivity (Wildman–Crippen MR) is 139 cm³/mol. The molecule has 0 bridgehead atoms. The van der Waals surface area contributed by atoms with Crippen molar-refractivity contribution >= 4 is 17.5 Å². The number of nitrogens with zero attached hydrogens (tertiary/aromatic N) is 1. The molecule has 1 amide bonds. The molecule has 1 saturated carbocycles. The Balaban J connectivity index is 1.54. The molecule has 36 heavy (non-hydrogen) atoms. The van der Waals surface area contributed by atoms with Crippen molar-refractivity contribution in [1.82, 2.24) is 15.6 Å². The van der Waals surface area contributed by atoms with Crippen molar-refractivity contribution in [3.63, 3.8) is 0 Å². The summed E-state index contributed by atoms with van der Waals surface area (Å²) in [4.78, 5) is 16.5. The first-order valence-electron chi connectivity index (χ1n) is 12.7. The minimum absolute atomic E-state index is 0.0525. The van der Waals surface area contributed by atoms with E-state index in [0.717, 1.165) is 43.4 Å². The highest BCUT2D eigenvalue weighted by atomic mass is 35.5. The Labute approximate surface area is 218 Å². The lowest BCUT2D eigenvalue weighted by molar-refractivity contribution is -0.120. The number of hydrogen-bond donors (Lipinski definition) is 3. The van der Waals surface area contributed by atoms with Crippen molar-refractivity contribution in [2.24, 2.45) is 5.41 Å². The first kappa shape index (κ1) is 26.8. The van der Waals surface area contributed by atoms with E-state index in [9.17, 15) is 14.3 Å². The monoisotopic (exact) mass is 517 g/mol. The molecule has 3 atom stereocenters. The molecule has 1 aromatic carbocycles. The molecule has 2 aliphatic rings. The number of carbonyl (C=O) groups excluding carboxylic acids is 1. The minimum atomic E-state index is -0.882. The largest absolute Gasteiger partial charge is 0.484 e. The van der Waals surface area contributed by atoms with Crippen LogP contribution in [0.1, 0.15) is 76.2 Å². The third-order valence-corrected chi connectivity index (χ3v) is 7.29. The predicted octanol–water partition coefficient (Wildman–Crippen LogP) is 4.91. The molecule has 1 spiro atoms. The second-order valence-corrected chi connectivity index (χ2v) is 11.9. The Morgan fingerprint density at radius 2 is 2.08 bits per heavy atom. The second-order valence-electron chi connectivity index (χ2n) is 11.6. The van der Waals surface area contributed by atoms with Crippen LogP contribution in [-0.2, 0) is 17.6 Å². The van der Waals surface area contributed by atoms with Gasteiger partial charge in [0.15, 0.2) is 10.9 Å². The Bertz CT molecular complexity index is 1100. The highest BCUT2D eigenvalue weighted by Crippen LogP contribution is 2.51. The maximum absolute atomic E-state index is 13.7. The van der Waals surface area contributed by atoms with E-state index in [-0.39, 0.29) is 35.3 Å². The van der Waals surface area contributed by atoms with Gasteiger partial charge in [-0.05, 0) is 61.3 Å². The number of amides is 1. The third-order valence-electron chi connectivity index (χ3n) is 7.03. The fourth-order valence-electron chi connectivity index (χ4n) is 5.23. The number of fused-ring (bicyclic) bond motifs is 1. The molecule has 6 nitrogen and oxygen atoms in total. The fraction of sp³-hybridized carbons (Fsp3) is 0.571. The Morgan fingerprint density at radius 3 is 2.69 bits per heavy atom. The summed E-state index contributed by atoms with van der Waals surface area (Å²) in [5.41, 5.74) is 2.37. The molecule has 196 valence electrons. The van der Waals surface area contributed by atoms with Crippen LogP contribution < -0.4 is 15.4 Å². The van der Waals surface area contributed by atoms with Crippen LogP contribution in [0.5, 0.6) is 5.75 Å². The number of ether oxygens (including phenoxy) is 1. The molecule has 4 rings (SSSR count). The average molecular weight is 518 g/mol. The summed E-state index contributed by atoms with van der Waals surface area (Å²) in [6.07, 6.45) is 4.01. The van der Waals surface area contributed by atoms with E-state index in [1.165, 1.54) is 19.1 Å². The Hall–Kier alpha value is -2.22. The van der Waals surface area contributed by atoms with Crippen molar-refractivity contribution < 1.29 is 19.0 Å². The topological polar surface area (TPSA) is 83.5 Å². The summed E-state index contributed by atoms with van der Waals surface area (Å²) < 4.78 is 20.1. The van der Waals surface area contributed by atoms with E-state index in [0.29, 0.717) is 22.9 Å². The Kier molecular flexibility index (Phi) is 7.93. The van der Waals surface area contributed by atoms with Crippen LogP contribution in [0.3, 0.4) is 0 Å². The molecule has 1 aromatic heterocycles. The first-order valence-corrected chi connectivity index (χ1v) is 13.1. The van der Waals surface area contributed by atoms with Gasteiger partial charge in [0.1, 0.15) is 11.4 Å². The van der Waals surface area contributed by atoms with Crippen LogP contribution in [-0.4, -0.2) is 40.3 Å². The number of aliphatic hydroxyl groups is 1. The van der Waals surface area contributed by atoms with Gasteiger partial charge in [0.25, 0.3) is 0 Å². The molecule has 0 radical (unpaired) electrons. The molecular weight excluding hydrogens is 481 g/mol. The number of nitrogens with one attached hydrogen (secondary N) is 2. The lowest BCUT2D eigenvalue weighted by Crippen LogP contribution is -2.52. The Morgan fingerprint density at radius 1 is 1.33 bits per heavy atom. The summed E-state index contributed by atoms with van der Waals surface area (Å²) in [5, 5.41) is 17.8. The highest BCUT2D eigenvalue weighted by Gasteiger charge is 2.46. The van der Waals surface area contributed by atoms with Gasteiger partial charge < -0.3 is 20.5 Å². The number of carbonyl (C=O) groups is 1. The number of aromatic nitrogens is 1. The van der Waals surface area contributed by atoms with Gasteiger partial charge in [0.05, 0.1) is 12.1 Å². The van der Waals surface area contributed by atoms with Crippen molar-refractivity contribution in [3.8, 4) is 5.75 Å². The summed E-state index contributed by atoms with van der Waals surface area (Å²) in [6.45, 7) is 8.15. The van der Waals surface area contributed by atoms with Gasteiger partial charge in [-0.2, -0.15) is 0 Å². The van der Waals surface area contributed by atoms with Gasteiger partial charge in [-0.1, -0.05) is 44.5 Å². The molecule has 0 unspecified atom stereocenters. The lowest BCUT2D eigenvalue weighted by atomic mass is 9.73. The van der Waals surface area contributed by atoms with E-state index in [2.05, 4.69) is 42.5 Å². The van der Waals surface area contributed by atoms with Gasteiger partial charge in [-0.15, -0.1) is 0 Å². The van der Waals surface area contributed by atoms with Crippen LogP contribution in [0.2, 0.25) is 5.15 Å². The first-order chi connectivity index (χ1) is 16.9. The fourth-order valence-corrected chi connectivity index (χ4v) is 5.49. The summed E-state index contributed by atoms with van der Waals surface area (Å²) >= 11 is 6.63. The minimum Gasteiger partial charge on any atom is -0.484 e. The standard InChI is InChI=1S/C28H37ClFN3O3/c1-17(34)32-22(12-18-7-5-8-19(30)11-18)24(35)16-31-23-15-28(9-6-10-28)36-25-21(23)13-20(33-26(25)29)14-27(2,3)4/h5,7-8,11,13,22-24,31,35H,6,9-10,12,14-16H2,1-4H3,(H,32,34)/t22-,23-,24+/m0/s1. The van der Waals surface area contributed by atoms with Gasteiger partial charge in [0, 0.05) is 37.2 Å².